The molecular weight excluding hydrogens is 1260 g/mol. The minimum atomic E-state index is -0.377. The van der Waals surface area contributed by atoms with E-state index in [-0.39, 0.29) is 125 Å². The number of carbonyl (C=O) groups excluding carboxylic acids is 4. The van der Waals surface area contributed by atoms with Crippen LogP contribution in [0.25, 0.3) is 0 Å². The van der Waals surface area contributed by atoms with Crippen LogP contribution in [-0.2, 0) is 113 Å². The van der Waals surface area contributed by atoms with Gasteiger partial charge in [0, 0.05) is 67.3 Å². The highest BCUT2D eigenvalue weighted by Gasteiger charge is 2.28. The molecule has 0 saturated carbocycles. The van der Waals surface area contributed by atoms with Crippen molar-refractivity contribution in [3.8, 4) is 23.0 Å². The van der Waals surface area contributed by atoms with Crippen molar-refractivity contribution >= 4 is 46.4 Å². The number of anilines is 4. The van der Waals surface area contributed by atoms with Gasteiger partial charge in [0.15, 0.2) is 26.4 Å². The third-order valence-corrected chi connectivity index (χ3v) is 17.2. The Hall–Kier alpha value is -9.32. The summed E-state index contributed by atoms with van der Waals surface area (Å²) in [4.78, 5) is 55.7. The van der Waals surface area contributed by atoms with Crippen LogP contribution in [-0.4, -0.2) is 50.1 Å². The standard InChI is InChI=1S/C84H100N4O12/c1-53-17-25-69(26-18-53)85-73(89)49-97-77-57-33-65(81(5,6)7)34-58(77)42-94-44-60-36-67(83(11,12)13)38-62(79(60)99-51-75(91)87-71-29-21-55(3)22-30-71)46-96-48-64-40-68(84(14,15)16)39-63(80(64)100-52-76(92)88-72-31-23-56(4)24-32-72)47-95-45-61-37-66(82(8,9)10)35-59(43-93-41-57)78(61)98-50-74(90)86-70-27-19-54(2)20-28-70/h17-40H,41-52H2,1-16H3,(H,85,89)(H,86,90)(H,87,91)(H,88,92). The molecule has 16 heteroatoms. The average molecular weight is 1360 g/mol. The van der Waals surface area contributed by atoms with E-state index in [1.54, 1.807) is 0 Å². The van der Waals surface area contributed by atoms with Gasteiger partial charge in [0.05, 0.1) is 52.9 Å². The lowest BCUT2D eigenvalue weighted by atomic mass is 9.84. The number of benzene rings is 8. The van der Waals surface area contributed by atoms with Gasteiger partial charge in [-0.25, -0.2) is 0 Å². The predicted molar refractivity (Wildman–Crippen MR) is 396 cm³/mol. The van der Waals surface area contributed by atoms with Crippen LogP contribution in [0, 0.1) is 27.7 Å². The first kappa shape index (κ1) is 74.9. The van der Waals surface area contributed by atoms with Crippen LogP contribution in [0.15, 0.2) is 146 Å². The SMILES string of the molecule is Cc1ccc(NC(=O)COc2c3cc(C(C)(C)C)cc2COCc2cc(C(C)(C)C)cc(c2OCC(=O)Nc2ccc(C)cc2)COCc2cc(C(C)(C)C)cc(c2OCC(=O)Nc2ccc(C)cc2)COCc2cc(C(C)(C)C)cc(c2OCC(=O)Nc2ccc(C)cc2)COC3)cc1. The molecule has 8 aromatic rings. The van der Waals surface area contributed by atoms with Crippen molar-refractivity contribution in [2.45, 2.75) is 185 Å². The molecule has 4 amide bonds. The van der Waals surface area contributed by atoms with Crippen molar-refractivity contribution in [2.75, 3.05) is 47.7 Å². The maximum absolute atomic E-state index is 13.9. The molecule has 0 aromatic heterocycles. The highest BCUT2D eigenvalue weighted by Crippen LogP contribution is 2.40. The van der Waals surface area contributed by atoms with Crippen molar-refractivity contribution in [1.82, 2.24) is 0 Å². The first-order valence-electron chi connectivity index (χ1n) is 34.2. The minimum absolute atomic E-state index is 0.0165. The molecule has 1 aliphatic rings. The summed E-state index contributed by atoms with van der Waals surface area (Å²) in [6, 6.07) is 46.7. The van der Waals surface area contributed by atoms with Crippen LogP contribution in [0.2, 0.25) is 0 Å². The number of fused-ring (bicyclic) bond motifs is 8. The summed E-state index contributed by atoms with van der Waals surface area (Å²) in [5.41, 5.74) is 14.4. The van der Waals surface area contributed by atoms with Crippen LogP contribution in [0.5, 0.6) is 23.0 Å². The van der Waals surface area contributed by atoms with Crippen LogP contribution in [0.1, 0.15) is 172 Å². The number of carbonyl (C=O) groups is 4. The molecule has 0 saturated heterocycles. The first-order chi connectivity index (χ1) is 47.3. The molecule has 4 N–H and O–H groups in total. The maximum atomic E-state index is 13.9. The van der Waals surface area contributed by atoms with Crippen LogP contribution in [0.4, 0.5) is 22.7 Å². The molecule has 1 heterocycles. The second-order valence-corrected chi connectivity index (χ2v) is 30.3. The zero-order valence-electron chi connectivity index (χ0n) is 61.2. The number of hydrogen-bond donors (Lipinski definition) is 4. The molecule has 0 spiro atoms. The third kappa shape index (κ3) is 21.4. The van der Waals surface area contributed by atoms with E-state index in [1.165, 1.54) is 0 Å². The molecular formula is C84H100N4O12. The lowest BCUT2D eigenvalue weighted by Crippen LogP contribution is -2.22. The number of rotatable bonds is 16. The minimum Gasteiger partial charge on any atom is -0.483 e. The molecule has 9 rings (SSSR count). The molecule has 8 aromatic carbocycles. The molecule has 0 atom stereocenters. The molecule has 0 fully saturated rings. The zero-order chi connectivity index (χ0) is 72.1. The second kappa shape index (κ2) is 32.8. The Morgan fingerprint density at radius 2 is 0.430 bits per heavy atom. The fourth-order valence-corrected chi connectivity index (χ4v) is 11.3. The normalized spacial score (nSPS) is 13.4. The summed E-state index contributed by atoms with van der Waals surface area (Å²) in [5.74, 6) is 0.208. The lowest BCUT2D eigenvalue weighted by molar-refractivity contribution is -0.118. The van der Waals surface area contributed by atoms with Gasteiger partial charge in [-0.3, -0.25) is 19.2 Å². The second-order valence-electron chi connectivity index (χ2n) is 30.3. The molecule has 1 aliphatic heterocycles. The smallest absolute Gasteiger partial charge is 0.262 e. The van der Waals surface area contributed by atoms with Crippen molar-refractivity contribution < 1.29 is 57.1 Å². The summed E-state index contributed by atoms with van der Waals surface area (Å²) in [7, 11) is 0. The number of amides is 4. The Labute approximate surface area is 591 Å². The van der Waals surface area contributed by atoms with Crippen LogP contribution < -0.4 is 40.2 Å². The first-order valence-corrected chi connectivity index (χ1v) is 34.2. The van der Waals surface area contributed by atoms with Crippen LogP contribution >= 0.6 is 0 Å². The molecule has 100 heavy (non-hydrogen) atoms. The van der Waals surface area contributed by atoms with Gasteiger partial charge in [0.25, 0.3) is 23.6 Å². The van der Waals surface area contributed by atoms with E-state index in [0.717, 1.165) is 44.5 Å². The van der Waals surface area contributed by atoms with Gasteiger partial charge in [-0.2, -0.15) is 0 Å². The number of nitrogens with one attached hydrogen (secondary N) is 4. The Bertz CT molecular complexity index is 3530. The Morgan fingerprint density at radius 3 is 0.570 bits per heavy atom. The molecule has 0 aliphatic carbocycles. The number of ether oxygens (including phenoxy) is 8. The monoisotopic (exact) mass is 1360 g/mol. The summed E-state index contributed by atoms with van der Waals surface area (Å²) in [5, 5.41) is 11.9. The fourth-order valence-electron chi connectivity index (χ4n) is 11.3. The average Bonchev–Trinajstić information content (AvgIpc) is 0.807. The summed E-state index contributed by atoms with van der Waals surface area (Å²) >= 11 is 0. The molecule has 0 radical (unpaired) electrons. The molecule has 8 bridgehead atoms. The molecule has 0 unspecified atom stereocenters. The van der Waals surface area contributed by atoms with E-state index in [1.807, 2.05) is 125 Å². The largest absolute Gasteiger partial charge is 0.483 e. The summed E-state index contributed by atoms with van der Waals surface area (Å²) in [6.45, 7) is 32.3. The van der Waals surface area contributed by atoms with Crippen molar-refractivity contribution in [2.24, 2.45) is 0 Å². The van der Waals surface area contributed by atoms with Gasteiger partial charge in [0.2, 0.25) is 0 Å². The lowest BCUT2D eigenvalue weighted by Gasteiger charge is -2.26. The van der Waals surface area contributed by atoms with E-state index in [4.69, 9.17) is 37.9 Å². The highest BCUT2D eigenvalue weighted by atomic mass is 16.5. The predicted octanol–water partition coefficient (Wildman–Crippen LogP) is 17.4. The quantitative estimate of drug-likeness (QED) is 0.0717. The molecule has 528 valence electrons. The van der Waals surface area contributed by atoms with E-state index in [9.17, 15) is 19.2 Å². The zero-order valence-corrected chi connectivity index (χ0v) is 61.2. The van der Waals surface area contributed by atoms with Gasteiger partial charge in [-0.1, -0.05) is 154 Å². The van der Waals surface area contributed by atoms with Gasteiger partial charge < -0.3 is 59.2 Å². The van der Waals surface area contributed by atoms with Crippen molar-refractivity contribution in [3.05, 3.63) is 235 Å². The highest BCUT2D eigenvalue weighted by molar-refractivity contribution is 5.94. The van der Waals surface area contributed by atoms with E-state index < -0.39 is 0 Å². The Kier molecular flexibility index (Phi) is 24.5. The van der Waals surface area contributed by atoms with E-state index >= 15 is 0 Å². The fraction of sp³-hybridized carbons (Fsp3) is 0.381. The summed E-state index contributed by atoms with van der Waals surface area (Å²) < 4.78 is 54.4. The maximum Gasteiger partial charge on any atom is 0.262 e. The van der Waals surface area contributed by atoms with Crippen LogP contribution in [0.3, 0.4) is 0 Å². The Morgan fingerprint density at radius 1 is 0.280 bits per heavy atom. The number of aryl methyl sites for hydroxylation is 4. The van der Waals surface area contributed by atoms with E-state index in [2.05, 4.69) is 153 Å². The Balaban J connectivity index is 1.18. The number of hydrogen-bond acceptors (Lipinski definition) is 12. The third-order valence-electron chi connectivity index (χ3n) is 17.2. The molecule has 16 nitrogen and oxygen atoms in total. The van der Waals surface area contributed by atoms with Gasteiger partial charge in [0.1, 0.15) is 23.0 Å². The topological polar surface area (TPSA) is 190 Å². The van der Waals surface area contributed by atoms with Gasteiger partial charge >= 0.3 is 0 Å². The van der Waals surface area contributed by atoms with Gasteiger partial charge in [-0.15, -0.1) is 0 Å². The van der Waals surface area contributed by atoms with Gasteiger partial charge in [-0.05, 0) is 169 Å². The van der Waals surface area contributed by atoms with Crippen molar-refractivity contribution in [3.63, 3.8) is 0 Å². The summed E-state index contributed by atoms with van der Waals surface area (Å²) in [6.07, 6.45) is 0. The van der Waals surface area contributed by atoms with E-state index in [0.29, 0.717) is 90.3 Å². The van der Waals surface area contributed by atoms with Crippen molar-refractivity contribution in [1.29, 1.82) is 0 Å².